The van der Waals surface area contributed by atoms with E-state index in [0.29, 0.717) is 29.0 Å². The molecule has 134 valence electrons. The van der Waals surface area contributed by atoms with Crippen molar-refractivity contribution < 1.29 is 8.78 Å². The van der Waals surface area contributed by atoms with Crippen molar-refractivity contribution in [1.29, 1.82) is 0 Å². The largest absolute Gasteiger partial charge is 0.354 e. The summed E-state index contributed by atoms with van der Waals surface area (Å²) in [6, 6.07) is 13.0. The van der Waals surface area contributed by atoms with Gasteiger partial charge in [0.2, 0.25) is 5.95 Å². The Balaban J connectivity index is 1.65. The van der Waals surface area contributed by atoms with Gasteiger partial charge in [0.15, 0.2) is 11.6 Å². The summed E-state index contributed by atoms with van der Waals surface area (Å²) >= 11 is 5.87. The number of hydrogen-bond acceptors (Lipinski definition) is 4. The smallest absolute Gasteiger partial charge is 0.224 e. The number of hydrogen-bond donors (Lipinski definition) is 2. The van der Waals surface area contributed by atoms with E-state index in [9.17, 15) is 8.78 Å². The molecule has 1 aromatic heterocycles. The molecule has 7 heteroatoms. The van der Waals surface area contributed by atoms with Gasteiger partial charge in [-0.2, -0.15) is 4.98 Å². The van der Waals surface area contributed by atoms with Gasteiger partial charge in [-0.25, -0.2) is 13.8 Å². The number of aromatic nitrogens is 2. The summed E-state index contributed by atoms with van der Waals surface area (Å²) in [5.74, 6) is -0.845. The maximum Gasteiger partial charge on any atom is 0.224 e. The maximum absolute atomic E-state index is 13.3. The van der Waals surface area contributed by atoms with Gasteiger partial charge in [0.05, 0.1) is 0 Å². The average Bonchev–Trinajstić information content (AvgIpc) is 2.59. The van der Waals surface area contributed by atoms with E-state index < -0.39 is 11.6 Å². The topological polar surface area (TPSA) is 49.8 Å². The molecule has 0 unspecified atom stereocenters. The van der Waals surface area contributed by atoms with E-state index in [-0.39, 0.29) is 0 Å². The van der Waals surface area contributed by atoms with Crippen LogP contribution in [0.3, 0.4) is 0 Å². The van der Waals surface area contributed by atoms with E-state index in [0.717, 1.165) is 29.8 Å². The first-order chi connectivity index (χ1) is 12.5. The summed E-state index contributed by atoms with van der Waals surface area (Å²) in [5, 5.41) is 6.83. The molecule has 1 heterocycles. The Morgan fingerprint density at radius 3 is 2.46 bits per heavy atom. The van der Waals surface area contributed by atoms with Crippen molar-refractivity contribution in [3.8, 4) is 0 Å². The summed E-state index contributed by atoms with van der Waals surface area (Å²) in [5.41, 5.74) is 2.31. The Labute approximate surface area is 155 Å². The second-order valence-electron chi connectivity index (χ2n) is 5.78. The lowest BCUT2D eigenvalue weighted by molar-refractivity contribution is 0.509. The summed E-state index contributed by atoms with van der Waals surface area (Å²) in [6.45, 7) is 2.48. The molecule has 0 spiro atoms. The fourth-order valence-electron chi connectivity index (χ4n) is 2.40. The van der Waals surface area contributed by atoms with Gasteiger partial charge in [-0.05, 0) is 43.2 Å². The van der Waals surface area contributed by atoms with Gasteiger partial charge < -0.3 is 10.6 Å². The van der Waals surface area contributed by atoms with Crippen LogP contribution in [0.15, 0.2) is 48.5 Å². The van der Waals surface area contributed by atoms with Crippen LogP contribution in [0.4, 0.5) is 26.2 Å². The van der Waals surface area contributed by atoms with Gasteiger partial charge in [-0.15, -0.1) is 0 Å². The van der Waals surface area contributed by atoms with Gasteiger partial charge in [0.1, 0.15) is 5.82 Å². The van der Waals surface area contributed by atoms with Crippen LogP contribution in [-0.4, -0.2) is 16.5 Å². The molecular formula is C19H17ClF2N4. The second-order valence-corrected chi connectivity index (χ2v) is 6.21. The van der Waals surface area contributed by atoms with Crippen molar-refractivity contribution in [1.82, 2.24) is 9.97 Å². The highest BCUT2D eigenvalue weighted by atomic mass is 35.5. The van der Waals surface area contributed by atoms with E-state index in [1.54, 1.807) is 6.07 Å². The van der Waals surface area contributed by atoms with Crippen LogP contribution in [0.1, 0.15) is 11.3 Å². The molecular weight excluding hydrogens is 358 g/mol. The first-order valence-corrected chi connectivity index (χ1v) is 8.43. The molecule has 0 aliphatic heterocycles. The van der Waals surface area contributed by atoms with Gasteiger partial charge in [-0.3, -0.25) is 0 Å². The predicted octanol–water partition coefficient (Wildman–Crippen LogP) is 5.11. The van der Waals surface area contributed by atoms with Crippen molar-refractivity contribution in [2.75, 3.05) is 17.2 Å². The summed E-state index contributed by atoms with van der Waals surface area (Å²) in [4.78, 5) is 8.69. The number of nitrogens with zero attached hydrogens (tertiary/aromatic N) is 2. The first kappa shape index (κ1) is 18.1. The summed E-state index contributed by atoms with van der Waals surface area (Å²) in [6.07, 6.45) is 0.792. The molecule has 0 radical (unpaired) electrons. The average molecular weight is 375 g/mol. The lowest BCUT2D eigenvalue weighted by Gasteiger charge is -2.10. The SMILES string of the molecule is Cc1cc(Nc2ccc(F)c(F)c2)nc(NCCc2ccc(Cl)cc2)n1. The molecule has 0 saturated carbocycles. The lowest BCUT2D eigenvalue weighted by atomic mass is 10.1. The van der Waals surface area contributed by atoms with Crippen LogP contribution in [0.2, 0.25) is 5.02 Å². The van der Waals surface area contributed by atoms with Crippen molar-refractivity contribution >= 4 is 29.1 Å². The Bertz CT molecular complexity index is 901. The van der Waals surface area contributed by atoms with Gasteiger partial charge >= 0.3 is 0 Å². The molecule has 0 atom stereocenters. The molecule has 2 aromatic carbocycles. The maximum atomic E-state index is 13.3. The lowest BCUT2D eigenvalue weighted by Crippen LogP contribution is -2.09. The molecule has 0 aliphatic rings. The zero-order valence-corrected chi connectivity index (χ0v) is 14.8. The van der Waals surface area contributed by atoms with Gasteiger partial charge in [0, 0.05) is 35.1 Å². The first-order valence-electron chi connectivity index (χ1n) is 8.06. The fraction of sp³-hybridized carbons (Fsp3) is 0.158. The zero-order chi connectivity index (χ0) is 18.5. The van der Waals surface area contributed by atoms with Crippen LogP contribution in [0.25, 0.3) is 0 Å². The third-order valence-corrected chi connectivity index (χ3v) is 3.91. The molecule has 26 heavy (non-hydrogen) atoms. The fourth-order valence-corrected chi connectivity index (χ4v) is 2.53. The molecule has 0 amide bonds. The standard InChI is InChI=1S/C19H17ClF2N4/c1-12-10-18(25-15-6-7-16(21)17(22)11-15)26-19(24-12)23-9-8-13-2-4-14(20)5-3-13/h2-7,10-11H,8-9H2,1H3,(H2,23,24,25,26). The highest BCUT2D eigenvalue weighted by molar-refractivity contribution is 6.30. The molecule has 0 aliphatic carbocycles. The Morgan fingerprint density at radius 2 is 1.73 bits per heavy atom. The van der Waals surface area contributed by atoms with Crippen LogP contribution in [0, 0.1) is 18.6 Å². The molecule has 4 nitrogen and oxygen atoms in total. The third kappa shape index (κ3) is 4.89. The number of anilines is 3. The van der Waals surface area contributed by atoms with Crippen molar-refractivity contribution in [3.05, 3.63) is 76.4 Å². The van der Waals surface area contributed by atoms with E-state index >= 15 is 0 Å². The molecule has 2 N–H and O–H groups in total. The van der Waals surface area contributed by atoms with Crippen molar-refractivity contribution in [2.24, 2.45) is 0 Å². The number of aryl methyl sites for hydroxylation is 1. The van der Waals surface area contributed by atoms with Crippen LogP contribution in [0.5, 0.6) is 0 Å². The molecule has 3 rings (SSSR count). The summed E-state index contributed by atoms with van der Waals surface area (Å²) < 4.78 is 26.3. The number of benzene rings is 2. The van der Waals surface area contributed by atoms with E-state index in [4.69, 9.17) is 11.6 Å². The van der Waals surface area contributed by atoms with Gasteiger partial charge in [-0.1, -0.05) is 23.7 Å². The minimum atomic E-state index is -0.915. The molecule has 0 fully saturated rings. The highest BCUT2D eigenvalue weighted by Gasteiger charge is 2.06. The molecule has 3 aromatic rings. The normalized spacial score (nSPS) is 10.6. The van der Waals surface area contributed by atoms with E-state index in [1.807, 2.05) is 31.2 Å². The van der Waals surface area contributed by atoms with Crippen LogP contribution < -0.4 is 10.6 Å². The second kappa shape index (κ2) is 8.10. The van der Waals surface area contributed by atoms with E-state index in [2.05, 4.69) is 20.6 Å². The molecule has 0 saturated heterocycles. The number of halogens is 3. The predicted molar refractivity (Wildman–Crippen MR) is 100 cm³/mol. The third-order valence-electron chi connectivity index (χ3n) is 3.66. The van der Waals surface area contributed by atoms with Crippen molar-refractivity contribution in [2.45, 2.75) is 13.3 Å². The number of rotatable bonds is 6. The van der Waals surface area contributed by atoms with Crippen LogP contribution >= 0.6 is 11.6 Å². The van der Waals surface area contributed by atoms with E-state index in [1.165, 1.54) is 6.07 Å². The van der Waals surface area contributed by atoms with Crippen molar-refractivity contribution in [3.63, 3.8) is 0 Å². The monoisotopic (exact) mass is 374 g/mol. The Kier molecular flexibility index (Phi) is 5.63. The minimum absolute atomic E-state index is 0.411. The highest BCUT2D eigenvalue weighted by Crippen LogP contribution is 2.19. The van der Waals surface area contributed by atoms with Crippen LogP contribution in [-0.2, 0) is 6.42 Å². The quantitative estimate of drug-likeness (QED) is 0.629. The summed E-state index contributed by atoms with van der Waals surface area (Å²) in [7, 11) is 0. The number of nitrogens with one attached hydrogen (secondary N) is 2. The molecule has 0 bridgehead atoms. The minimum Gasteiger partial charge on any atom is -0.354 e. The Hall–Kier alpha value is -2.73. The van der Waals surface area contributed by atoms with Gasteiger partial charge in [0.25, 0.3) is 0 Å². The zero-order valence-electron chi connectivity index (χ0n) is 14.1. The Morgan fingerprint density at radius 1 is 0.962 bits per heavy atom.